The smallest absolute Gasteiger partial charge is 0.374 e. The third-order valence-electron chi connectivity index (χ3n) is 4.07. The average molecular weight is 393 g/mol. The summed E-state index contributed by atoms with van der Waals surface area (Å²) in [6.07, 6.45) is -9.98. The van der Waals surface area contributed by atoms with E-state index in [0.29, 0.717) is 19.7 Å². The third-order valence-corrected chi connectivity index (χ3v) is 4.07. The molecule has 0 radical (unpaired) electrons. The van der Waals surface area contributed by atoms with Crippen LogP contribution in [-0.2, 0) is 17.1 Å². The molecule has 0 saturated carbocycles. The maximum atomic E-state index is 12.9. The maximum absolute atomic E-state index is 12.9. The third kappa shape index (κ3) is 5.47. The molecule has 144 valence electrons. The Balaban J connectivity index is 0.00000312. The molecule has 1 heterocycles. The van der Waals surface area contributed by atoms with E-state index in [4.69, 9.17) is 10.5 Å². The van der Waals surface area contributed by atoms with E-state index in [2.05, 4.69) is 0 Å². The first-order valence-corrected chi connectivity index (χ1v) is 7.37. The lowest BCUT2D eigenvalue weighted by Crippen LogP contribution is -2.46. The summed E-state index contributed by atoms with van der Waals surface area (Å²) in [6.45, 7) is 2.91. The summed E-state index contributed by atoms with van der Waals surface area (Å²) in [7, 11) is 0. The lowest BCUT2D eigenvalue weighted by Gasteiger charge is -2.37. The molecule has 10 heteroatoms. The predicted octanol–water partition coefficient (Wildman–Crippen LogP) is 3.87. The van der Waals surface area contributed by atoms with E-state index in [9.17, 15) is 26.3 Å². The van der Waals surface area contributed by atoms with Crippen LogP contribution in [0.2, 0.25) is 0 Å². The van der Waals surface area contributed by atoms with E-state index in [-0.39, 0.29) is 36.7 Å². The zero-order chi connectivity index (χ0) is 18.1. The second kappa shape index (κ2) is 8.11. The number of halogens is 7. The molecule has 1 aromatic rings. The molecule has 1 aliphatic heterocycles. The van der Waals surface area contributed by atoms with E-state index in [0.717, 1.165) is 12.1 Å². The first-order chi connectivity index (χ1) is 11.0. The van der Waals surface area contributed by atoms with Crippen LogP contribution in [0.3, 0.4) is 0 Å². The molecule has 1 fully saturated rings. The Morgan fingerprint density at radius 2 is 1.64 bits per heavy atom. The Bertz CT molecular complexity index is 546. The molecule has 1 aliphatic rings. The van der Waals surface area contributed by atoms with Crippen molar-refractivity contribution in [3.8, 4) is 0 Å². The number of ether oxygens (including phenoxy) is 1. The topological polar surface area (TPSA) is 38.5 Å². The molecule has 0 spiro atoms. The highest BCUT2D eigenvalue weighted by Crippen LogP contribution is 2.38. The van der Waals surface area contributed by atoms with Crippen molar-refractivity contribution in [3.05, 3.63) is 34.9 Å². The Labute approximate surface area is 147 Å². The fraction of sp³-hybridized carbons (Fsp3) is 0.600. The molecule has 2 rings (SSSR count). The van der Waals surface area contributed by atoms with Crippen LogP contribution in [0, 0.1) is 0 Å². The van der Waals surface area contributed by atoms with E-state index in [1.54, 1.807) is 11.8 Å². The van der Waals surface area contributed by atoms with Gasteiger partial charge in [-0.2, -0.15) is 26.3 Å². The number of hydrogen-bond donors (Lipinski definition) is 1. The van der Waals surface area contributed by atoms with Crippen molar-refractivity contribution in [2.75, 3.05) is 26.2 Å². The van der Waals surface area contributed by atoms with Gasteiger partial charge >= 0.3 is 12.4 Å². The van der Waals surface area contributed by atoms with Gasteiger partial charge in [0.1, 0.15) is 0 Å². The van der Waals surface area contributed by atoms with Gasteiger partial charge in [0.2, 0.25) is 0 Å². The molecule has 0 bridgehead atoms. The zero-order valence-corrected chi connectivity index (χ0v) is 14.1. The first kappa shape index (κ1) is 22.0. The van der Waals surface area contributed by atoms with Gasteiger partial charge in [-0.25, -0.2) is 0 Å². The highest BCUT2D eigenvalue weighted by molar-refractivity contribution is 5.85. The average Bonchev–Trinajstić information content (AvgIpc) is 2.52. The van der Waals surface area contributed by atoms with Crippen molar-refractivity contribution in [3.63, 3.8) is 0 Å². The minimum atomic E-state index is -4.85. The SMILES string of the molecule is CC(c1cc(C(F)(F)F)cc(C(F)(F)F)c1)N1CCOC(CN)C1.Cl. The number of morpholine rings is 1. The standard InChI is InChI=1S/C15H18F6N2O.ClH/c1-9(23-2-3-24-13(7-22)8-23)10-4-11(14(16,17)18)6-12(5-10)15(19,20)21;/h4-6,9,13H,2-3,7-8,22H2,1H3;1H. The summed E-state index contributed by atoms with van der Waals surface area (Å²) < 4.78 is 83.0. The molecule has 3 nitrogen and oxygen atoms in total. The van der Waals surface area contributed by atoms with E-state index in [1.807, 2.05) is 0 Å². The summed E-state index contributed by atoms with van der Waals surface area (Å²) in [4.78, 5) is 1.77. The highest BCUT2D eigenvalue weighted by Gasteiger charge is 2.38. The molecule has 0 aromatic heterocycles. The molecule has 2 atom stereocenters. The number of rotatable bonds is 3. The predicted molar refractivity (Wildman–Crippen MR) is 82.5 cm³/mol. The van der Waals surface area contributed by atoms with Gasteiger partial charge in [-0.3, -0.25) is 4.90 Å². The van der Waals surface area contributed by atoms with Gasteiger partial charge in [0.15, 0.2) is 0 Å². The first-order valence-electron chi connectivity index (χ1n) is 7.37. The molecule has 0 amide bonds. The second-order valence-electron chi connectivity index (χ2n) is 5.74. The van der Waals surface area contributed by atoms with Crippen molar-refractivity contribution < 1.29 is 31.1 Å². The molecule has 1 aromatic carbocycles. The van der Waals surface area contributed by atoms with Gasteiger partial charge in [-0.15, -0.1) is 12.4 Å². The van der Waals surface area contributed by atoms with Crippen LogP contribution in [0.25, 0.3) is 0 Å². The molecule has 1 saturated heterocycles. The van der Waals surface area contributed by atoms with Gasteiger partial charge in [0, 0.05) is 25.7 Å². The van der Waals surface area contributed by atoms with Crippen molar-refractivity contribution in [1.82, 2.24) is 4.90 Å². The van der Waals surface area contributed by atoms with Gasteiger partial charge < -0.3 is 10.5 Å². The van der Waals surface area contributed by atoms with Gasteiger partial charge in [0.25, 0.3) is 0 Å². The van der Waals surface area contributed by atoms with Gasteiger partial charge in [0.05, 0.1) is 23.8 Å². The molecule has 2 N–H and O–H groups in total. The Kier molecular flexibility index (Phi) is 7.14. The quantitative estimate of drug-likeness (QED) is 0.794. The molecule has 25 heavy (non-hydrogen) atoms. The van der Waals surface area contributed by atoms with Crippen molar-refractivity contribution >= 4 is 12.4 Å². The monoisotopic (exact) mass is 392 g/mol. The van der Waals surface area contributed by atoms with Crippen molar-refractivity contribution in [2.45, 2.75) is 31.4 Å². The van der Waals surface area contributed by atoms with Crippen LogP contribution in [0.1, 0.15) is 29.7 Å². The Morgan fingerprint density at radius 3 is 2.08 bits per heavy atom. The summed E-state index contributed by atoms with van der Waals surface area (Å²) in [6, 6.07) is 1.06. The van der Waals surface area contributed by atoms with Crippen LogP contribution in [0.5, 0.6) is 0 Å². The summed E-state index contributed by atoms with van der Waals surface area (Å²) >= 11 is 0. The minimum Gasteiger partial charge on any atom is -0.374 e. The van der Waals surface area contributed by atoms with E-state index < -0.39 is 29.5 Å². The zero-order valence-electron chi connectivity index (χ0n) is 13.3. The number of alkyl halides is 6. The van der Waals surface area contributed by atoms with Crippen molar-refractivity contribution in [2.24, 2.45) is 5.73 Å². The number of nitrogens with zero attached hydrogens (tertiary/aromatic N) is 1. The molecular formula is C15H19ClF6N2O. The molecule has 0 aliphatic carbocycles. The fourth-order valence-corrected chi connectivity index (χ4v) is 2.67. The lowest BCUT2D eigenvalue weighted by molar-refractivity contribution is -0.143. The second-order valence-corrected chi connectivity index (χ2v) is 5.74. The number of nitrogens with two attached hydrogens (primary N) is 1. The van der Waals surface area contributed by atoms with Gasteiger partial charge in [-0.1, -0.05) is 0 Å². The van der Waals surface area contributed by atoms with Crippen LogP contribution in [0.4, 0.5) is 26.3 Å². The van der Waals surface area contributed by atoms with Crippen LogP contribution in [0.15, 0.2) is 18.2 Å². The largest absolute Gasteiger partial charge is 0.416 e. The normalized spacial score (nSPS) is 20.9. The minimum absolute atomic E-state index is 0. The van der Waals surface area contributed by atoms with E-state index >= 15 is 0 Å². The maximum Gasteiger partial charge on any atom is 0.416 e. The molecular weight excluding hydrogens is 374 g/mol. The Hall–Kier alpha value is -1.03. The number of benzene rings is 1. The van der Waals surface area contributed by atoms with E-state index in [1.165, 1.54) is 0 Å². The van der Waals surface area contributed by atoms with Crippen LogP contribution >= 0.6 is 12.4 Å². The van der Waals surface area contributed by atoms with Gasteiger partial charge in [-0.05, 0) is 30.7 Å². The summed E-state index contributed by atoms with van der Waals surface area (Å²) in [5.41, 5.74) is 2.88. The van der Waals surface area contributed by atoms with Crippen molar-refractivity contribution in [1.29, 1.82) is 0 Å². The molecule has 2 unspecified atom stereocenters. The van der Waals surface area contributed by atoms with Crippen LogP contribution < -0.4 is 5.73 Å². The lowest BCUT2D eigenvalue weighted by atomic mass is 9.99. The number of hydrogen-bond acceptors (Lipinski definition) is 3. The summed E-state index contributed by atoms with van der Waals surface area (Å²) in [5.74, 6) is 0. The highest BCUT2D eigenvalue weighted by atomic mass is 35.5. The van der Waals surface area contributed by atoms with Crippen LogP contribution in [-0.4, -0.2) is 37.2 Å². The Morgan fingerprint density at radius 1 is 1.12 bits per heavy atom. The summed E-state index contributed by atoms with van der Waals surface area (Å²) in [5, 5.41) is 0. The fourth-order valence-electron chi connectivity index (χ4n) is 2.67.